The van der Waals surface area contributed by atoms with E-state index in [0.717, 1.165) is 18.4 Å². The van der Waals surface area contributed by atoms with Crippen molar-refractivity contribution < 1.29 is 19.4 Å². The van der Waals surface area contributed by atoms with Crippen LogP contribution in [-0.2, 0) is 16.1 Å². The van der Waals surface area contributed by atoms with E-state index >= 15 is 0 Å². The van der Waals surface area contributed by atoms with Crippen molar-refractivity contribution in [3.05, 3.63) is 35.9 Å². The zero-order valence-electron chi connectivity index (χ0n) is 15.4. The number of ether oxygens (including phenoxy) is 1. The molecule has 0 spiro atoms. The van der Waals surface area contributed by atoms with Gasteiger partial charge in [0.25, 0.3) is 0 Å². The number of nitrogens with one attached hydrogen (secondary N) is 2. The highest BCUT2D eigenvalue weighted by Crippen LogP contribution is 2.27. The minimum atomic E-state index is -0.643. The number of alkyl carbamates (subject to hydrolysis) is 1. The molecule has 1 aromatic rings. The first kappa shape index (κ1) is 20.2. The molecule has 6 nitrogen and oxygen atoms in total. The van der Waals surface area contributed by atoms with Crippen LogP contribution in [0.4, 0.5) is 4.79 Å². The summed E-state index contributed by atoms with van der Waals surface area (Å²) >= 11 is 0. The third kappa shape index (κ3) is 7.04. The number of rotatable bonds is 8. The Kier molecular flexibility index (Phi) is 8.41. The molecule has 0 bridgehead atoms. The third-order valence-corrected chi connectivity index (χ3v) is 4.78. The number of carbonyl (C=O) groups excluding carboxylic acids is 2. The predicted octanol–water partition coefficient (Wildman–Crippen LogP) is 2.75. The lowest BCUT2D eigenvalue weighted by Crippen LogP contribution is -2.50. The lowest BCUT2D eigenvalue weighted by atomic mass is 9.84. The fraction of sp³-hybridized carbons (Fsp3) is 0.600. The number of hydrogen-bond donors (Lipinski definition) is 3. The maximum atomic E-state index is 12.5. The average Bonchev–Trinajstić information content (AvgIpc) is 2.67. The van der Waals surface area contributed by atoms with E-state index in [1.54, 1.807) is 6.92 Å². The molecule has 2 atom stereocenters. The highest BCUT2D eigenvalue weighted by atomic mass is 16.5. The van der Waals surface area contributed by atoms with Crippen molar-refractivity contribution in [3.63, 3.8) is 0 Å². The minimum Gasteiger partial charge on any atom is -0.445 e. The van der Waals surface area contributed by atoms with Crippen LogP contribution in [0.15, 0.2) is 30.3 Å². The molecule has 1 aromatic carbocycles. The highest BCUT2D eigenvalue weighted by Gasteiger charge is 2.27. The first-order valence-electron chi connectivity index (χ1n) is 9.47. The summed E-state index contributed by atoms with van der Waals surface area (Å²) in [5.41, 5.74) is 0.893. The Hall–Kier alpha value is -2.08. The Balaban J connectivity index is 1.90. The van der Waals surface area contributed by atoms with Gasteiger partial charge in [0, 0.05) is 6.04 Å². The second-order valence-electron chi connectivity index (χ2n) is 7.09. The Morgan fingerprint density at radius 2 is 1.85 bits per heavy atom. The molecule has 0 aromatic heterocycles. The molecular formula is C20H30N2O4. The molecule has 1 aliphatic carbocycles. The van der Waals surface area contributed by atoms with Crippen LogP contribution in [0, 0.1) is 5.92 Å². The molecule has 2 rings (SSSR count). The summed E-state index contributed by atoms with van der Waals surface area (Å²) in [6.45, 7) is 1.75. The molecule has 144 valence electrons. The van der Waals surface area contributed by atoms with E-state index in [0.29, 0.717) is 12.3 Å². The van der Waals surface area contributed by atoms with Gasteiger partial charge in [-0.15, -0.1) is 0 Å². The van der Waals surface area contributed by atoms with Crippen molar-refractivity contribution in [3.8, 4) is 0 Å². The minimum absolute atomic E-state index is 0.139. The van der Waals surface area contributed by atoms with Crippen molar-refractivity contribution in [2.75, 3.05) is 6.61 Å². The van der Waals surface area contributed by atoms with Gasteiger partial charge in [-0.1, -0.05) is 62.4 Å². The van der Waals surface area contributed by atoms with Gasteiger partial charge < -0.3 is 20.5 Å². The number of aliphatic hydroxyl groups excluding tert-OH is 1. The molecular weight excluding hydrogens is 332 g/mol. The van der Waals surface area contributed by atoms with E-state index in [4.69, 9.17) is 9.84 Å². The van der Waals surface area contributed by atoms with Crippen molar-refractivity contribution in [2.45, 2.75) is 64.1 Å². The predicted molar refractivity (Wildman–Crippen MR) is 99.4 cm³/mol. The maximum Gasteiger partial charge on any atom is 0.408 e. The van der Waals surface area contributed by atoms with Gasteiger partial charge in [0.15, 0.2) is 0 Å². The van der Waals surface area contributed by atoms with Crippen LogP contribution in [0.25, 0.3) is 0 Å². The highest BCUT2D eigenvalue weighted by molar-refractivity contribution is 5.85. The van der Waals surface area contributed by atoms with Crippen LogP contribution in [0.1, 0.15) is 51.0 Å². The van der Waals surface area contributed by atoms with Crippen molar-refractivity contribution in [1.82, 2.24) is 10.6 Å². The van der Waals surface area contributed by atoms with Gasteiger partial charge in [0.2, 0.25) is 5.91 Å². The number of amides is 2. The Morgan fingerprint density at radius 1 is 1.15 bits per heavy atom. The quantitative estimate of drug-likeness (QED) is 0.663. The van der Waals surface area contributed by atoms with Crippen LogP contribution < -0.4 is 10.6 Å². The van der Waals surface area contributed by atoms with Gasteiger partial charge in [-0.2, -0.15) is 0 Å². The van der Waals surface area contributed by atoms with Crippen molar-refractivity contribution in [1.29, 1.82) is 0 Å². The van der Waals surface area contributed by atoms with Gasteiger partial charge in [-0.3, -0.25) is 4.79 Å². The van der Waals surface area contributed by atoms with E-state index in [1.807, 2.05) is 30.3 Å². The van der Waals surface area contributed by atoms with Gasteiger partial charge >= 0.3 is 6.09 Å². The fourth-order valence-corrected chi connectivity index (χ4v) is 3.28. The number of benzene rings is 1. The second kappa shape index (κ2) is 10.8. The fourth-order valence-electron chi connectivity index (χ4n) is 3.28. The van der Waals surface area contributed by atoms with Crippen molar-refractivity contribution >= 4 is 12.0 Å². The molecule has 3 N–H and O–H groups in total. The standard InChI is InChI=1S/C20H30N2O4/c1-15(13-23)21-19(24)18(12-16-8-4-2-5-9-16)22-20(25)26-14-17-10-6-3-7-11-17/h3,6-7,10-11,15-16,18,23H,2,4-5,8-9,12-14H2,1H3,(H,21,24)(H,22,25)/t15-,18-/m0/s1. The van der Waals surface area contributed by atoms with Crippen LogP contribution in [0.5, 0.6) is 0 Å². The van der Waals surface area contributed by atoms with Crippen molar-refractivity contribution in [2.24, 2.45) is 5.92 Å². The Labute approximate surface area is 155 Å². The Morgan fingerprint density at radius 3 is 2.50 bits per heavy atom. The number of aliphatic hydroxyl groups is 1. The zero-order chi connectivity index (χ0) is 18.8. The summed E-state index contributed by atoms with van der Waals surface area (Å²) in [5.74, 6) is 0.159. The van der Waals surface area contributed by atoms with E-state index < -0.39 is 12.1 Å². The largest absolute Gasteiger partial charge is 0.445 e. The number of carbonyl (C=O) groups is 2. The summed E-state index contributed by atoms with van der Waals surface area (Å²) < 4.78 is 5.25. The van der Waals surface area contributed by atoms with Crippen LogP contribution in [0.2, 0.25) is 0 Å². The molecule has 26 heavy (non-hydrogen) atoms. The first-order chi connectivity index (χ1) is 12.6. The van der Waals surface area contributed by atoms with Gasteiger partial charge in [-0.05, 0) is 24.8 Å². The first-order valence-corrected chi connectivity index (χ1v) is 9.47. The molecule has 1 aliphatic rings. The van der Waals surface area contributed by atoms with E-state index in [2.05, 4.69) is 10.6 Å². The summed E-state index contributed by atoms with van der Waals surface area (Å²) in [5, 5.41) is 14.6. The summed E-state index contributed by atoms with van der Waals surface area (Å²) in [6, 6.07) is 8.42. The third-order valence-electron chi connectivity index (χ3n) is 4.78. The van der Waals surface area contributed by atoms with E-state index in [1.165, 1.54) is 19.3 Å². The topological polar surface area (TPSA) is 87.7 Å². The molecule has 2 amide bonds. The van der Waals surface area contributed by atoms with E-state index in [9.17, 15) is 9.59 Å². The maximum absolute atomic E-state index is 12.5. The normalized spacial score (nSPS) is 17.2. The molecule has 0 saturated heterocycles. The Bertz CT molecular complexity index is 558. The van der Waals surface area contributed by atoms with Gasteiger partial charge in [0.05, 0.1) is 6.61 Å². The zero-order valence-corrected chi connectivity index (χ0v) is 15.4. The lowest BCUT2D eigenvalue weighted by molar-refractivity contribution is -0.124. The van der Waals surface area contributed by atoms with Gasteiger partial charge in [-0.25, -0.2) is 4.79 Å². The van der Waals surface area contributed by atoms with Crippen LogP contribution >= 0.6 is 0 Å². The molecule has 0 aliphatic heterocycles. The molecule has 6 heteroatoms. The summed E-state index contributed by atoms with van der Waals surface area (Å²) in [4.78, 5) is 24.7. The molecule has 0 unspecified atom stereocenters. The number of hydrogen-bond acceptors (Lipinski definition) is 4. The summed E-state index contributed by atoms with van der Waals surface area (Å²) in [6.07, 6.45) is 5.75. The SMILES string of the molecule is C[C@@H](CO)NC(=O)[C@H](CC1CCCCC1)NC(=O)OCc1ccccc1. The molecule has 1 fully saturated rings. The van der Waals surface area contributed by atoms with Gasteiger partial charge in [0.1, 0.15) is 12.6 Å². The molecule has 1 saturated carbocycles. The molecule has 0 heterocycles. The van der Waals surface area contributed by atoms with Crippen LogP contribution in [0.3, 0.4) is 0 Å². The second-order valence-corrected chi connectivity index (χ2v) is 7.09. The van der Waals surface area contributed by atoms with E-state index in [-0.39, 0.29) is 25.2 Å². The molecule has 0 radical (unpaired) electrons. The smallest absolute Gasteiger partial charge is 0.408 e. The average molecular weight is 362 g/mol. The monoisotopic (exact) mass is 362 g/mol. The van der Waals surface area contributed by atoms with Crippen LogP contribution in [-0.4, -0.2) is 35.8 Å². The summed E-state index contributed by atoms with van der Waals surface area (Å²) in [7, 11) is 0. The lowest BCUT2D eigenvalue weighted by Gasteiger charge is -2.27.